The van der Waals surface area contributed by atoms with E-state index in [0.29, 0.717) is 19.6 Å². The average molecular weight is 307 g/mol. The van der Waals surface area contributed by atoms with Gasteiger partial charge >= 0.3 is 0 Å². The Kier molecular flexibility index (Phi) is 6.87. The van der Waals surface area contributed by atoms with Crippen LogP contribution in [0, 0.1) is 0 Å². The summed E-state index contributed by atoms with van der Waals surface area (Å²) in [7, 11) is -1.84. The van der Waals surface area contributed by atoms with E-state index in [1.165, 1.54) is 4.31 Å². The standard InChI is InChI=1S/C13H29N3O3S/c1-5-8-14-9-6-10-16(4)20(17,18)15-13(3)7-11-19-12(13)2/h12,14-15H,5-11H2,1-4H3. The molecule has 0 aromatic rings. The van der Waals surface area contributed by atoms with E-state index in [2.05, 4.69) is 17.0 Å². The number of hydrogen-bond acceptors (Lipinski definition) is 4. The molecule has 0 aliphatic carbocycles. The molecule has 1 fully saturated rings. The fourth-order valence-corrected chi connectivity index (χ4v) is 3.57. The molecule has 1 aliphatic rings. The summed E-state index contributed by atoms with van der Waals surface area (Å²) < 4.78 is 34.2. The molecule has 7 heteroatoms. The highest BCUT2D eigenvalue weighted by atomic mass is 32.2. The summed E-state index contributed by atoms with van der Waals surface area (Å²) in [5.74, 6) is 0. The summed E-state index contributed by atoms with van der Waals surface area (Å²) in [4.78, 5) is 0. The monoisotopic (exact) mass is 307 g/mol. The van der Waals surface area contributed by atoms with E-state index in [1.807, 2.05) is 13.8 Å². The van der Waals surface area contributed by atoms with Crippen molar-refractivity contribution in [1.29, 1.82) is 0 Å². The maximum absolute atomic E-state index is 12.3. The van der Waals surface area contributed by atoms with Gasteiger partial charge in [-0.15, -0.1) is 0 Å². The second-order valence-corrected chi connectivity index (χ2v) is 7.49. The quantitative estimate of drug-likeness (QED) is 0.616. The summed E-state index contributed by atoms with van der Waals surface area (Å²) >= 11 is 0. The van der Waals surface area contributed by atoms with Crippen LogP contribution in [0.15, 0.2) is 0 Å². The molecule has 0 aromatic heterocycles. The topological polar surface area (TPSA) is 70.7 Å². The maximum atomic E-state index is 12.3. The Hall–Kier alpha value is -0.210. The highest BCUT2D eigenvalue weighted by molar-refractivity contribution is 7.87. The van der Waals surface area contributed by atoms with Gasteiger partial charge in [-0.25, -0.2) is 0 Å². The first kappa shape index (κ1) is 17.8. The van der Waals surface area contributed by atoms with Gasteiger partial charge in [-0.2, -0.15) is 17.4 Å². The summed E-state index contributed by atoms with van der Waals surface area (Å²) in [6.07, 6.45) is 2.50. The molecule has 0 aromatic carbocycles. The zero-order valence-corrected chi connectivity index (χ0v) is 13.9. The SMILES string of the molecule is CCCNCCCN(C)S(=O)(=O)NC1(C)CCOC1C. The first-order valence-electron chi connectivity index (χ1n) is 7.39. The highest BCUT2D eigenvalue weighted by Gasteiger charge is 2.41. The van der Waals surface area contributed by atoms with Crippen molar-refractivity contribution in [3.05, 3.63) is 0 Å². The van der Waals surface area contributed by atoms with Crippen molar-refractivity contribution in [2.45, 2.75) is 51.7 Å². The van der Waals surface area contributed by atoms with Crippen LogP contribution in [0.5, 0.6) is 0 Å². The predicted molar refractivity (Wildman–Crippen MR) is 80.9 cm³/mol. The minimum Gasteiger partial charge on any atom is -0.376 e. The fraction of sp³-hybridized carbons (Fsp3) is 1.00. The molecule has 1 heterocycles. The first-order chi connectivity index (χ1) is 9.32. The Morgan fingerprint density at radius 1 is 1.40 bits per heavy atom. The van der Waals surface area contributed by atoms with Gasteiger partial charge in [0.1, 0.15) is 0 Å². The molecular weight excluding hydrogens is 278 g/mol. The summed E-state index contributed by atoms with van der Waals surface area (Å²) in [6, 6.07) is 0. The normalized spacial score (nSPS) is 27.4. The Labute approximate surface area is 123 Å². The second-order valence-electron chi connectivity index (χ2n) is 5.71. The van der Waals surface area contributed by atoms with Crippen molar-refractivity contribution in [1.82, 2.24) is 14.3 Å². The third-order valence-electron chi connectivity index (χ3n) is 3.91. The molecule has 120 valence electrons. The molecule has 0 bridgehead atoms. The van der Waals surface area contributed by atoms with Crippen molar-refractivity contribution >= 4 is 10.2 Å². The number of ether oxygens (including phenoxy) is 1. The Balaban J connectivity index is 2.43. The molecule has 2 N–H and O–H groups in total. The van der Waals surface area contributed by atoms with Crippen molar-refractivity contribution in [2.75, 3.05) is 33.3 Å². The van der Waals surface area contributed by atoms with E-state index in [-0.39, 0.29) is 6.10 Å². The van der Waals surface area contributed by atoms with Crippen LogP contribution in [0.1, 0.15) is 40.0 Å². The lowest BCUT2D eigenvalue weighted by molar-refractivity contribution is 0.0952. The van der Waals surface area contributed by atoms with Crippen LogP contribution < -0.4 is 10.0 Å². The molecule has 1 rings (SSSR count). The van der Waals surface area contributed by atoms with E-state index in [1.54, 1.807) is 7.05 Å². The Bertz CT molecular complexity index is 388. The molecule has 2 unspecified atom stereocenters. The summed E-state index contributed by atoms with van der Waals surface area (Å²) in [5.41, 5.74) is -0.506. The van der Waals surface area contributed by atoms with Crippen LogP contribution in [-0.4, -0.2) is 57.7 Å². The lowest BCUT2D eigenvalue weighted by Crippen LogP contribution is -2.54. The Morgan fingerprint density at radius 3 is 2.65 bits per heavy atom. The van der Waals surface area contributed by atoms with Gasteiger partial charge in [-0.3, -0.25) is 0 Å². The van der Waals surface area contributed by atoms with Crippen LogP contribution in [0.25, 0.3) is 0 Å². The van der Waals surface area contributed by atoms with E-state index in [0.717, 1.165) is 25.9 Å². The van der Waals surface area contributed by atoms with Crippen molar-refractivity contribution in [3.63, 3.8) is 0 Å². The van der Waals surface area contributed by atoms with Gasteiger partial charge in [0.15, 0.2) is 0 Å². The van der Waals surface area contributed by atoms with Gasteiger partial charge in [0.25, 0.3) is 10.2 Å². The molecule has 0 spiro atoms. The lowest BCUT2D eigenvalue weighted by Gasteiger charge is -2.30. The van der Waals surface area contributed by atoms with E-state index in [9.17, 15) is 8.42 Å². The first-order valence-corrected chi connectivity index (χ1v) is 8.83. The van der Waals surface area contributed by atoms with Gasteiger partial charge in [0, 0.05) is 20.2 Å². The summed E-state index contributed by atoms with van der Waals surface area (Å²) in [5, 5.41) is 3.27. The minimum absolute atomic E-state index is 0.100. The molecule has 6 nitrogen and oxygen atoms in total. The molecular formula is C13H29N3O3S. The average Bonchev–Trinajstić information content (AvgIpc) is 2.68. The van der Waals surface area contributed by atoms with Crippen LogP contribution >= 0.6 is 0 Å². The predicted octanol–water partition coefficient (Wildman–Crippen LogP) is 0.710. The largest absolute Gasteiger partial charge is 0.376 e. The molecule has 0 radical (unpaired) electrons. The highest BCUT2D eigenvalue weighted by Crippen LogP contribution is 2.26. The van der Waals surface area contributed by atoms with Gasteiger partial charge in [0.05, 0.1) is 11.6 Å². The summed E-state index contributed by atoms with van der Waals surface area (Å²) in [6.45, 7) is 8.84. The van der Waals surface area contributed by atoms with Gasteiger partial charge in [-0.05, 0) is 46.2 Å². The van der Waals surface area contributed by atoms with E-state index in [4.69, 9.17) is 4.74 Å². The zero-order valence-electron chi connectivity index (χ0n) is 13.1. The Morgan fingerprint density at radius 2 is 2.10 bits per heavy atom. The molecule has 0 amide bonds. The van der Waals surface area contributed by atoms with Crippen LogP contribution in [-0.2, 0) is 14.9 Å². The molecule has 1 saturated heterocycles. The molecule has 1 aliphatic heterocycles. The number of hydrogen-bond donors (Lipinski definition) is 2. The maximum Gasteiger partial charge on any atom is 0.279 e. The van der Waals surface area contributed by atoms with Crippen molar-refractivity contribution in [2.24, 2.45) is 0 Å². The van der Waals surface area contributed by atoms with Gasteiger partial charge in [0.2, 0.25) is 0 Å². The third-order valence-corrected chi connectivity index (χ3v) is 5.64. The minimum atomic E-state index is -3.45. The fourth-order valence-electron chi connectivity index (χ4n) is 2.19. The molecule has 2 atom stereocenters. The van der Waals surface area contributed by atoms with Gasteiger partial charge < -0.3 is 10.1 Å². The third kappa shape index (κ3) is 4.96. The second kappa shape index (κ2) is 7.70. The number of nitrogens with zero attached hydrogens (tertiary/aromatic N) is 1. The number of rotatable bonds is 9. The number of nitrogens with one attached hydrogen (secondary N) is 2. The van der Waals surface area contributed by atoms with E-state index >= 15 is 0 Å². The molecule has 0 saturated carbocycles. The smallest absolute Gasteiger partial charge is 0.279 e. The van der Waals surface area contributed by atoms with Crippen LogP contribution in [0.4, 0.5) is 0 Å². The lowest BCUT2D eigenvalue weighted by atomic mass is 9.97. The molecule has 20 heavy (non-hydrogen) atoms. The van der Waals surface area contributed by atoms with Gasteiger partial charge in [-0.1, -0.05) is 6.92 Å². The zero-order chi connectivity index (χ0) is 15.2. The van der Waals surface area contributed by atoms with Crippen molar-refractivity contribution in [3.8, 4) is 0 Å². The van der Waals surface area contributed by atoms with E-state index < -0.39 is 15.7 Å². The van der Waals surface area contributed by atoms with Crippen molar-refractivity contribution < 1.29 is 13.2 Å². The van der Waals surface area contributed by atoms with Crippen LogP contribution in [0.2, 0.25) is 0 Å². The van der Waals surface area contributed by atoms with Crippen LogP contribution in [0.3, 0.4) is 0 Å².